The summed E-state index contributed by atoms with van der Waals surface area (Å²) in [6, 6.07) is 6.92. The Morgan fingerprint density at radius 1 is 1.15 bits per heavy atom. The Hall–Kier alpha value is -3.27. The van der Waals surface area contributed by atoms with Crippen molar-refractivity contribution in [2.24, 2.45) is 0 Å². The van der Waals surface area contributed by atoms with Crippen molar-refractivity contribution in [1.82, 2.24) is 10.3 Å². The minimum absolute atomic E-state index is 0.146. The summed E-state index contributed by atoms with van der Waals surface area (Å²) >= 11 is 0. The fourth-order valence-electron chi connectivity index (χ4n) is 3.73. The van der Waals surface area contributed by atoms with E-state index in [2.05, 4.69) is 10.3 Å². The first-order valence-corrected chi connectivity index (χ1v) is 12.1. The molecule has 3 rings (SSSR count). The molecule has 0 bridgehead atoms. The average Bonchev–Trinajstić information content (AvgIpc) is 2.80. The lowest BCUT2D eigenvalue weighted by Crippen LogP contribution is -2.52. The number of anilines is 1. The molecule has 0 saturated heterocycles. The van der Waals surface area contributed by atoms with E-state index in [9.17, 15) is 14.4 Å². The van der Waals surface area contributed by atoms with Crippen LogP contribution in [0.5, 0.6) is 17.2 Å². The molecule has 0 spiro atoms. The molecule has 2 aromatic rings. The average molecular weight is 475 g/mol. The predicted molar refractivity (Wildman–Crippen MR) is 126 cm³/mol. The Bertz CT molecular complexity index is 1040. The van der Waals surface area contributed by atoms with Crippen molar-refractivity contribution in [2.75, 3.05) is 44.8 Å². The van der Waals surface area contributed by atoms with Crippen LogP contribution in [-0.4, -0.2) is 67.7 Å². The normalized spacial score (nSPS) is 16.2. The van der Waals surface area contributed by atoms with Gasteiger partial charge in [0.15, 0.2) is 11.5 Å². The van der Waals surface area contributed by atoms with Gasteiger partial charge in [-0.05, 0) is 29.8 Å². The number of benzene rings is 1. The number of nitrogens with one attached hydrogen (secondary N) is 1. The van der Waals surface area contributed by atoms with Crippen molar-refractivity contribution in [3.63, 3.8) is 0 Å². The molecular weight excluding hydrogens is 446 g/mol. The van der Waals surface area contributed by atoms with Crippen LogP contribution in [0.4, 0.5) is 5.82 Å². The Kier molecular flexibility index (Phi) is 7.80. The molecule has 10 heteroatoms. The maximum absolute atomic E-state index is 13.6. The van der Waals surface area contributed by atoms with Gasteiger partial charge in [-0.15, -0.1) is 0 Å². The van der Waals surface area contributed by atoms with Gasteiger partial charge < -0.3 is 19.5 Å². The Balaban J connectivity index is 1.97. The number of carbonyl (C=O) groups is 3. The minimum Gasteiger partial charge on any atom is -0.493 e. The third kappa shape index (κ3) is 5.05. The molecule has 33 heavy (non-hydrogen) atoms. The summed E-state index contributed by atoms with van der Waals surface area (Å²) in [6.45, 7) is 2.01. The highest BCUT2D eigenvalue weighted by atomic mass is 32.2. The van der Waals surface area contributed by atoms with Gasteiger partial charge in [-0.2, -0.15) is 0 Å². The van der Waals surface area contributed by atoms with Gasteiger partial charge in [0, 0.05) is 24.0 Å². The lowest BCUT2D eigenvalue weighted by atomic mass is 10.0. The van der Waals surface area contributed by atoms with Crippen LogP contribution in [0, 0.1) is 0 Å². The molecule has 1 aromatic heterocycles. The van der Waals surface area contributed by atoms with Crippen LogP contribution < -0.4 is 24.4 Å². The predicted octanol–water partition coefficient (Wildman–Crippen LogP) is 1.59. The maximum Gasteiger partial charge on any atom is 0.289 e. The summed E-state index contributed by atoms with van der Waals surface area (Å²) < 4.78 is 16.2. The molecule has 0 aliphatic carbocycles. The van der Waals surface area contributed by atoms with E-state index in [1.54, 1.807) is 30.5 Å². The van der Waals surface area contributed by atoms with Crippen LogP contribution in [0.2, 0.25) is 0 Å². The molecule has 1 aliphatic rings. The molecule has 2 amide bonds. The number of Topliss-reactive ketones (excluding diaryl/α,β-unsaturated/α-hetero) is 1. The molecule has 0 saturated carbocycles. The number of nitrogens with zero attached hydrogens (tertiary/aromatic N) is 2. The number of pyridine rings is 1. The first-order valence-electron chi connectivity index (χ1n) is 10.3. The van der Waals surface area contributed by atoms with Crippen LogP contribution in [0.15, 0.2) is 30.5 Å². The molecule has 2 unspecified atom stereocenters. The van der Waals surface area contributed by atoms with Crippen molar-refractivity contribution in [3.8, 4) is 17.2 Å². The second-order valence-corrected chi connectivity index (χ2v) is 9.72. The van der Waals surface area contributed by atoms with Crippen molar-refractivity contribution >= 4 is 34.3 Å². The van der Waals surface area contributed by atoms with E-state index in [0.717, 1.165) is 5.56 Å². The smallest absolute Gasteiger partial charge is 0.289 e. The van der Waals surface area contributed by atoms with Crippen molar-refractivity contribution < 1.29 is 28.6 Å². The third-order valence-electron chi connectivity index (χ3n) is 5.30. The molecule has 1 aliphatic heterocycles. The van der Waals surface area contributed by atoms with Crippen LogP contribution in [0.3, 0.4) is 0 Å². The molecule has 2 atom stereocenters. The minimum atomic E-state index is -0.836. The summed E-state index contributed by atoms with van der Waals surface area (Å²) in [4.78, 5) is 43.9. The second-order valence-electron chi connectivity index (χ2n) is 7.45. The van der Waals surface area contributed by atoms with E-state index in [1.165, 1.54) is 33.2 Å². The molecule has 0 fully saturated rings. The molecule has 176 valence electrons. The number of hydrogen-bond acceptors (Lipinski definition) is 7. The number of methoxy groups -OCH3 is 3. The Morgan fingerprint density at radius 3 is 2.39 bits per heavy atom. The fourth-order valence-corrected chi connectivity index (χ4v) is 5.35. The van der Waals surface area contributed by atoms with Crippen LogP contribution in [0.1, 0.15) is 22.8 Å². The van der Waals surface area contributed by atoms with E-state index in [4.69, 9.17) is 14.2 Å². The summed E-state index contributed by atoms with van der Waals surface area (Å²) in [6.07, 6.45) is 3.44. The number of fused-ring (bicyclic) bond motifs is 1. The molecule has 1 N–H and O–H groups in total. The highest BCUT2D eigenvalue weighted by Gasteiger charge is 2.48. The van der Waals surface area contributed by atoms with Crippen LogP contribution in [0.25, 0.3) is 0 Å². The molecule has 2 heterocycles. The molecule has 1 aromatic carbocycles. The topological polar surface area (TPSA) is 107 Å². The number of amides is 2. The number of aromatic nitrogens is 1. The zero-order valence-electron chi connectivity index (χ0n) is 19.3. The highest BCUT2D eigenvalue weighted by Crippen LogP contribution is 2.39. The van der Waals surface area contributed by atoms with Crippen LogP contribution in [-0.2, 0) is 27.0 Å². The quantitative estimate of drug-likeness (QED) is 0.434. The van der Waals surface area contributed by atoms with Gasteiger partial charge in [0.2, 0.25) is 17.4 Å². The van der Waals surface area contributed by atoms with Crippen molar-refractivity contribution in [1.29, 1.82) is 0 Å². The molecule has 0 radical (unpaired) electrons. The van der Waals surface area contributed by atoms with Gasteiger partial charge in [0.05, 0.1) is 46.2 Å². The lowest BCUT2D eigenvalue weighted by molar-refractivity contribution is -0.119. The molecule has 9 nitrogen and oxygen atoms in total. The third-order valence-corrected chi connectivity index (χ3v) is 7.37. The lowest BCUT2D eigenvalue weighted by Gasteiger charge is -2.31. The van der Waals surface area contributed by atoms with Crippen LogP contribution >= 0.6 is 0 Å². The fraction of sp³-hybridized carbons (Fsp3) is 0.391. The number of ether oxygens (including phenoxy) is 3. The number of carbonyl (C=O) groups excluding carboxylic acids is 3. The van der Waals surface area contributed by atoms with Gasteiger partial charge >= 0.3 is 0 Å². The highest BCUT2D eigenvalue weighted by molar-refractivity contribution is 7.98. The Morgan fingerprint density at radius 2 is 1.82 bits per heavy atom. The maximum atomic E-state index is 13.6. The largest absolute Gasteiger partial charge is 0.493 e. The molecular formula is C23H28N3O6S+. The van der Waals surface area contributed by atoms with Gasteiger partial charge in [-0.1, -0.05) is 0 Å². The van der Waals surface area contributed by atoms with Gasteiger partial charge in [0.25, 0.3) is 11.2 Å². The van der Waals surface area contributed by atoms with Crippen molar-refractivity contribution in [3.05, 3.63) is 41.6 Å². The van der Waals surface area contributed by atoms with Gasteiger partial charge in [-0.25, -0.2) is 4.98 Å². The zero-order valence-corrected chi connectivity index (χ0v) is 20.2. The second kappa shape index (κ2) is 10.6. The van der Waals surface area contributed by atoms with E-state index in [0.29, 0.717) is 40.9 Å². The summed E-state index contributed by atoms with van der Waals surface area (Å²) in [5.74, 6) is 1.55. The number of rotatable bonds is 9. The summed E-state index contributed by atoms with van der Waals surface area (Å²) in [5.41, 5.74) is 1.14. The first-order chi connectivity index (χ1) is 15.8. The number of ketones is 1. The van der Waals surface area contributed by atoms with Crippen molar-refractivity contribution in [2.45, 2.75) is 18.7 Å². The monoisotopic (exact) mass is 474 g/mol. The van der Waals surface area contributed by atoms with E-state index < -0.39 is 16.1 Å². The zero-order chi connectivity index (χ0) is 24.1. The Labute approximate surface area is 195 Å². The van der Waals surface area contributed by atoms with E-state index >= 15 is 0 Å². The van der Waals surface area contributed by atoms with Gasteiger partial charge in [0.1, 0.15) is 11.6 Å². The van der Waals surface area contributed by atoms with E-state index in [-0.39, 0.29) is 24.1 Å². The van der Waals surface area contributed by atoms with E-state index in [1.807, 2.05) is 6.26 Å². The van der Waals surface area contributed by atoms with Gasteiger partial charge in [-0.3, -0.25) is 19.3 Å². The SMILES string of the molecule is COc1cc(CN2C(=O)C([S+](C)CCNC(C)=O)C(=O)c3cccnc32)cc(OC)c1OC. The number of hydrogen-bond donors (Lipinski definition) is 1. The summed E-state index contributed by atoms with van der Waals surface area (Å²) in [7, 11) is 3.98. The summed E-state index contributed by atoms with van der Waals surface area (Å²) in [5, 5.41) is 1.90. The first kappa shape index (κ1) is 24.4. The standard InChI is InChI=1S/C23H27N3O6S/c1-14(27)24-9-10-33(5)21-19(28)16-7-6-8-25-22(16)26(23(21)29)13-15-11-17(30-2)20(32-4)18(12-15)31-3/h6-8,11-12,21H,9-10,13H2,1-5H3/p+1.